The molecule has 134 valence electrons. The van der Waals surface area contributed by atoms with E-state index in [0.717, 1.165) is 28.2 Å². The zero-order valence-corrected chi connectivity index (χ0v) is 15.7. The first-order chi connectivity index (χ1) is 12.5. The quantitative estimate of drug-likeness (QED) is 0.767. The van der Waals surface area contributed by atoms with E-state index in [2.05, 4.69) is 46.4 Å². The number of amides is 1. The molecule has 0 aliphatic rings. The van der Waals surface area contributed by atoms with Crippen LogP contribution in [0.4, 0.5) is 0 Å². The van der Waals surface area contributed by atoms with Crippen LogP contribution in [-0.4, -0.2) is 33.0 Å². The van der Waals surface area contributed by atoms with Crippen molar-refractivity contribution < 1.29 is 4.79 Å². The van der Waals surface area contributed by atoms with Crippen LogP contribution in [0.1, 0.15) is 39.8 Å². The second-order valence-electron chi connectivity index (χ2n) is 6.66. The Morgan fingerprint density at radius 1 is 1.12 bits per heavy atom. The average Bonchev–Trinajstić information content (AvgIpc) is 2.96. The van der Waals surface area contributed by atoms with Gasteiger partial charge in [-0.1, -0.05) is 35.9 Å². The van der Waals surface area contributed by atoms with E-state index < -0.39 is 0 Å². The molecule has 5 heteroatoms. The van der Waals surface area contributed by atoms with Gasteiger partial charge in [0, 0.05) is 24.5 Å². The molecule has 1 N–H and O–H groups in total. The Bertz CT molecular complexity index is 865. The molecule has 26 heavy (non-hydrogen) atoms. The lowest BCUT2D eigenvalue weighted by molar-refractivity contribution is -0.130. The normalized spacial score (nSPS) is 12.0. The number of H-pyrrole nitrogens is 1. The lowest BCUT2D eigenvalue weighted by atomic mass is 9.99. The first kappa shape index (κ1) is 17.9. The molecule has 3 rings (SSSR count). The fraction of sp³-hybridized carbons (Fsp3) is 0.286. The second kappa shape index (κ2) is 7.52. The van der Waals surface area contributed by atoms with Crippen LogP contribution in [0.2, 0.25) is 0 Å². The Morgan fingerprint density at radius 3 is 2.42 bits per heavy atom. The molecule has 0 aliphatic carbocycles. The molecule has 0 saturated heterocycles. The first-order valence-corrected chi connectivity index (χ1v) is 8.71. The summed E-state index contributed by atoms with van der Waals surface area (Å²) in [6, 6.07) is 13.8. The summed E-state index contributed by atoms with van der Waals surface area (Å²) in [6.07, 6.45) is 2.08. The highest BCUT2D eigenvalue weighted by atomic mass is 16.2. The molecule has 0 radical (unpaired) electrons. The number of likely N-dealkylation sites (N-methyl/N-ethyl adjacent to an activating group) is 1. The molecule has 0 spiro atoms. The fourth-order valence-corrected chi connectivity index (χ4v) is 3.13. The summed E-state index contributed by atoms with van der Waals surface area (Å²) < 4.78 is 0. The lowest BCUT2D eigenvalue weighted by Gasteiger charge is -2.28. The highest BCUT2D eigenvalue weighted by molar-refractivity contribution is 5.80. The van der Waals surface area contributed by atoms with Gasteiger partial charge in [0.15, 0.2) is 0 Å². The maximum Gasteiger partial charge on any atom is 0.227 e. The smallest absolute Gasteiger partial charge is 0.227 e. The molecule has 0 bridgehead atoms. The van der Waals surface area contributed by atoms with E-state index in [1.807, 2.05) is 39.1 Å². The third-order valence-corrected chi connectivity index (χ3v) is 4.75. The van der Waals surface area contributed by atoms with Crippen LogP contribution in [0.3, 0.4) is 0 Å². The molecule has 3 aromatic rings. The van der Waals surface area contributed by atoms with Gasteiger partial charge in [-0.15, -0.1) is 0 Å². The number of aryl methyl sites for hydroxylation is 3. The summed E-state index contributed by atoms with van der Waals surface area (Å²) in [5.41, 5.74) is 5.86. The molecule has 1 atom stereocenters. The minimum absolute atomic E-state index is 0.0360. The van der Waals surface area contributed by atoms with Gasteiger partial charge in [-0.2, -0.15) is 5.10 Å². The SMILES string of the molecule is Cc1ccc([C@@H](c2ccccn2)N(C)C(=O)Cc2c(C)n[nH]c2C)cc1. The predicted molar refractivity (Wildman–Crippen MR) is 102 cm³/mol. The molecule has 0 saturated carbocycles. The third-order valence-electron chi connectivity index (χ3n) is 4.75. The topological polar surface area (TPSA) is 61.9 Å². The number of hydrogen-bond acceptors (Lipinski definition) is 3. The average molecular weight is 348 g/mol. The van der Waals surface area contributed by atoms with Gasteiger partial charge in [0.25, 0.3) is 0 Å². The number of nitrogens with one attached hydrogen (secondary N) is 1. The Balaban J connectivity index is 1.93. The number of aromatic amines is 1. The zero-order chi connectivity index (χ0) is 18.7. The van der Waals surface area contributed by atoms with Crippen LogP contribution in [0.25, 0.3) is 0 Å². The Kier molecular flexibility index (Phi) is 5.16. The van der Waals surface area contributed by atoms with E-state index in [4.69, 9.17) is 0 Å². The van der Waals surface area contributed by atoms with Gasteiger partial charge in [0.05, 0.1) is 23.9 Å². The molecule has 0 fully saturated rings. The molecule has 0 unspecified atom stereocenters. The van der Waals surface area contributed by atoms with Crippen molar-refractivity contribution in [2.45, 2.75) is 33.2 Å². The van der Waals surface area contributed by atoms with Crippen molar-refractivity contribution in [1.29, 1.82) is 0 Å². The van der Waals surface area contributed by atoms with Crippen molar-refractivity contribution in [3.05, 3.63) is 82.4 Å². The number of carbonyl (C=O) groups excluding carboxylic acids is 1. The molecule has 0 aliphatic heterocycles. The van der Waals surface area contributed by atoms with E-state index in [1.54, 1.807) is 11.1 Å². The second-order valence-corrected chi connectivity index (χ2v) is 6.66. The maximum absolute atomic E-state index is 13.0. The van der Waals surface area contributed by atoms with Gasteiger partial charge in [0.2, 0.25) is 5.91 Å². The molecule has 2 heterocycles. The summed E-state index contributed by atoms with van der Waals surface area (Å²) in [5, 5.41) is 7.14. The zero-order valence-electron chi connectivity index (χ0n) is 15.7. The number of aromatic nitrogens is 3. The number of nitrogens with zero attached hydrogens (tertiary/aromatic N) is 3. The molecule has 1 amide bonds. The van der Waals surface area contributed by atoms with Crippen LogP contribution >= 0.6 is 0 Å². The van der Waals surface area contributed by atoms with Crippen molar-refractivity contribution in [2.75, 3.05) is 7.05 Å². The summed E-state index contributed by atoms with van der Waals surface area (Å²) in [5.74, 6) is 0.0360. The highest BCUT2D eigenvalue weighted by Gasteiger charge is 2.25. The molecular formula is C21H24N4O. The van der Waals surface area contributed by atoms with E-state index in [0.29, 0.717) is 6.42 Å². The Hall–Kier alpha value is -2.95. The standard InChI is InChI=1S/C21H24N4O/c1-14-8-10-17(11-9-14)21(19-7-5-6-12-22-19)25(4)20(26)13-18-15(2)23-24-16(18)3/h5-12,21H,13H2,1-4H3,(H,23,24)/t21-/m0/s1. The number of benzene rings is 1. The van der Waals surface area contributed by atoms with Crippen molar-refractivity contribution in [3.8, 4) is 0 Å². The summed E-state index contributed by atoms with van der Waals surface area (Å²) in [4.78, 5) is 19.3. The first-order valence-electron chi connectivity index (χ1n) is 8.71. The lowest BCUT2D eigenvalue weighted by Crippen LogP contribution is -2.33. The molecule has 2 aromatic heterocycles. The Morgan fingerprint density at radius 2 is 1.85 bits per heavy atom. The third kappa shape index (κ3) is 3.67. The van der Waals surface area contributed by atoms with Gasteiger partial charge in [-0.05, 0) is 38.5 Å². The number of hydrogen-bond donors (Lipinski definition) is 1. The van der Waals surface area contributed by atoms with Gasteiger partial charge < -0.3 is 4.90 Å². The van der Waals surface area contributed by atoms with E-state index in [9.17, 15) is 4.79 Å². The molecule has 5 nitrogen and oxygen atoms in total. The summed E-state index contributed by atoms with van der Waals surface area (Å²) >= 11 is 0. The minimum atomic E-state index is -0.225. The monoisotopic (exact) mass is 348 g/mol. The van der Waals surface area contributed by atoms with Gasteiger partial charge in [-0.3, -0.25) is 14.9 Å². The van der Waals surface area contributed by atoms with Crippen molar-refractivity contribution in [3.63, 3.8) is 0 Å². The molecule has 1 aromatic carbocycles. The van der Waals surface area contributed by atoms with Crippen LogP contribution in [0.15, 0.2) is 48.7 Å². The van der Waals surface area contributed by atoms with Crippen LogP contribution < -0.4 is 0 Å². The molecular weight excluding hydrogens is 324 g/mol. The van der Waals surface area contributed by atoms with E-state index in [1.165, 1.54) is 5.56 Å². The largest absolute Gasteiger partial charge is 0.333 e. The Labute approximate surface area is 154 Å². The van der Waals surface area contributed by atoms with E-state index >= 15 is 0 Å². The van der Waals surface area contributed by atoms with Crippen molar-refractivity contribution in [2.24, 2.45) is 0 Å². The van der Waals surface area contributed by atoms with Crippen LogP contribution in [0.5, 0.6) is 0 Å². The number of rotatable bonds is 5. The number of carbonyl (C=O) groups is 1. The fourth-order valence-electron chi connectivity index (χ4n) is 3.13. The summed E-state index contributed by atoms with van der Waals surface area (Å²) in [7, 11) is 1.84. The van der Waals surface area contributed by atoms with E-state index in [-0.39, 0.29) is 11.9 Å². The van der Waals surface area contributed by atoms with Gasteiger partial charge in [0.1, 0.15) is 0 Å². The summed E-state index contributed by atoms with van der Waals surface area (Å²) in [6.45, 7) is 5.92. The predicted octanol–water partition coefficient (Wildman–Crippen LogP) is 3.52. The van der Waals surface area contributed by atoms with Crippen LogP contribution in [-0.2, 0) is 11.2 Å². The maximum atomic E-state index is 13.0. The highest BCUT2D eigenvalue weighted by Crippen LogP contribution is 2.27. The van der Waals surface area contributed by atoms with Crippen LogP contribution in [0, 0.1) is 20.8 Å². The van der Waals surface area contributed by atoms with Crippen molar-refractivity contribution >= 4 is 5.91 Å². The minimum Gasteiger partial charge on any atom is -0.333 e. The number of pyridine rings is 1. The van der Waals surface area contributed by atoms with Crippen molar-refractivity contribution in [1.82, 2.24) is 20.1 Å². The van der Waals surface area contributed by atoms with Gasteiger partial charge >= 0.3 is 0 Å². The van der Waals surface area contributed by atoms with Gasteiger partial charge in [-0.25, -0.2) is 0 Å².